The largest absolute Gasteiger partial charge is 0.433 e. The van der Waals surface area contributed by atoms with Gasteiger partial charge in [-0.3, -0.25) is 0 Å². The molecule has 0 aliphatic heterocycles. The Balaban J connectivity index is 1.68. The van der Waals surface area contributed by atoms with E-state index in [0.29, 0.717) is 11.5 Å². The number of benzene rings is 2. The standard InChI is InChI=1S/C17H15N3O2/c1-12(16-11-13-7-5-6-10-15(13)18-16)19-20-17(21)22-14-8-3-2-4-9-14/h2-11,18H,1H3,(H,20,21)/b19-12+. The van der Waals surface area contributed by atoms with Crippen LogP contribution in [0.25, 0.3) is 10.9 Å². The Morgan fingerprint density at radius 1 is 1.09 bits per heavy atom. The van der Waals surface area contributed by atoms with Gasteiger partial charge in [0.25, 0.3) is 0 Å². The third kappa shape index (κ3) is 3.15. The van der Waals surface area contributed by atoms with Crippen LogP contribution in [-0.2, 0) is 0 Å². The number of hydrazone groups is 1. The fourth-order valence-electron chi connectivity index (χ4n) is 2.08. The maximum atomic E-state index is 11.7. The molecule has 2 aromatic carbocycles. The fourth-order valence-corrected chi connectivity index (χ4v) is 2.08. The maximum Gasteiger partial charge on any atom is 0.433 e. The van der Waals surface area contributed by atoms with Gasteiger partial charge in [0.1, 0.15) is 5.75 Å². The minimum atomic E-state index is -0.623. The number of rotatable bonds is 3. The van der Waals surface area contributed by atoms with E-state index in [2.05, 4.69) is 15.5 Å². The van der Waals surface area contributed by atoms with Gasteiger partial charge in [0, 0.05) is 10.9 Å². The van der Waals surface area contributed by atoms with Crippen molar-refractivity contribution in [3.63, 3.8) is 0 Å². The summed E-state index contributed by atoms with van der Waals surface area (Å²) >= 11 is 0. The average Bonchev–Trinajstić information content (AvgIpc) is 2.98. The molecular weight excluding hydrogens is 278 g/mol. The number of carbonyl (C=O) groups excluding carboxylic acids is 1. The van der Waals surface area contributed by atoms with Crippen molar-refractivity contribution < 1.29 is 9.53 Å². The van der Waals surface area contributed by atoms with Crippen molar-refractivity contribution >= 4 is 22.7 Å². The summed E-state index contributed by atoms with van der Waals surface area (Å²) in [5.74, 6) is 0.471. The topological polar surface area (TPSA) is 66.5 Å². The molecule has 1 amide bonds. The number of nitrogens with zero attached hydrogens (tertiary/aromatic N) is 1. The minimum absolute atomic E-state index is 0.471. The minimum Gasteiger partial charge on any atom is -0.409 e. The zero-order valence-corrected chi connectivity index (χ0v) is 12.0. The van der Waals surface area contributed by atoms with Crippen LogP contribution in [0.3, 0.4) is 0 Å². The lowest BCUT2D eigenvalue weighted by Crippen LogP contribution is -2.23. The lowest BCUT2D eigenvalue weighted by molar-refractivity contribution is 0.201. The van der Waals surface area contributed by atoms with Gasteiger partial charge in [-0.2, -0.15) is 5.10 Å². The van der Waals surface area contributed by atoms with E-state index in [1.165, 1.54) is 0 Å². The summed E-state index contributed by atoms with van der Waals surface area (Å²) in [6.45, 7) is 1.81. The highest BCUT2D eigenvalue weighted by molar-refractivity contribution is 6.01. The van der Waals surface area contributed by atoms with E-state index < -0.39 is 6.09 Å². The Morgan fingerprint density at radius 2 is 1.82 bits per heavy atom. The quantitative estimate of drug-likeness (QED) is 0.571. The zero-order chi connectivity index (χ0) is 15.4. The molecule has 0 aliphatic rings. The summed E-state index contributed by atoms with van der Waals surface area (Å²) in [4.78, 5) is 14.9. The number of ether oxygens (including phenoxy) is 1. The molecule has 110 valence electrons. The Morgan fingerprint density at radius 3 is 2.59 bits per heavy atom. The van der Waals surface area contributed by atoms with E-state index >= 15 is 0 Å². The Hall–Kier alpha value is -3.08. The van der Waals surface area contributed by atoms with Crippen molar-refractivity contribution in [1.82, 2.24) is 10.4 Å². The van der Waals surface area contributed by atoms with E-state index in [9.17, 15) is 4.79 Å². The fraction of sp³-hybridized carbons (Fsp3) is 0.0588. The second-order valence-corrected chi connectivity index (χ2v) is 4.78. The molecule has 0 atom stereocenters. The highest BCUT2D eigenvalue weighted by Crippen LogP contribution is 2.15. The number of aromatic nitrogens is 1. The first-order valence-corrected chi connectivity index (χ1v) is 6.87. The van der Waals surface area contributed by atoms with Crippen LogP contribution in [0, 0.1) is 0 Å². The number of hydrogen-bond donors (Lipinski definition) is 2. The summed E-state index contributed by atoms with van der Waals surface area (Å²) < 4.78 is 5.09. The normalized spacial score (nSPS) is 11.4. The third-order valence-corrected chi connectivity index (χ3v) is 3.19. The summed E-state index contributed by atoms with van der Waals surface area (Å²) in [5, 5.41) is 5.14. The lowest BCUT2D eigenvalue weighted by atomic mass is 10.2. The van der Waals surface area contributed by atoms with Crippen LogP contribution in [0.5, 0.6) is 5.75 Å². The summed E-state index contributed by atoms with van der Waals surface area (Å²) in [7, 11) is 0. The molecule has 2 N–H and O–H groups in total. The highest BCUT2D eigenvalue weighted by atomic mass is 16.6. The number of amides is 1. The first-order valence-electron chi connectivity index (χ1n) is 6.87. The van der Waals surface area contributed by atoms with Crippen LogP contribution in [0.15, 0.2) is 65.8 Å². The summed E-state index contributed by atoms with van der Waals surface area (Å²) in [5.41, 5.74) is 4.92. The van der Waals surface area contributed by atoms with Gasteiger partial charge in [-0.15, -0.1) is 0 Å². The molecule has 1 aromatic heterocycles. The van der Waals surface area contributed by atoms with Crippen molar-refractivity contribution in [2.24, 2.45) is 5.10 Å². The molecule has 0 saturated carbocycles. The van der Waals surface area contributed by atoms with Crippen LogP contribution in [0.4, 0.5) is 4.79 Å². The van der Waals surface area contributed by atoms with Gasteiger partial charge in [0.05, 0.1) is 11.4 Å². The molecule has 5 nitrogen and oxygen atoms in total. The predicted octanol–water partition coefficient (Wildman–Crippen LogP) is 3.68. The maximum absolute atomic E-state index is 11.7. The van der Waals surface area contributed by atoms with E-state index in [1.54, 1.807) is 24.3 Å². The van der Waals surface area contributed by atoms with Gasteiger partial charge in [0.15, 0.2) is 0 Å². The van der Waals surface area contributed by atoms with E-state index in [4.69, 9.17) is 4.74 Å². The third-order valence-electron chi connectivity index (χ3n) is 3.19. The predicted molar refractivity (Wildman–Crippen MR) is 86.1 cm³/mol. The van der Waals surface area contributed by atoms with Crippen molar-refractivity contribution in [2.45, 2.75) is 6.92 Å². The first-order chi connectivity index (χ1) is 10.7. The van der Waals surface area contributed by atoms with Gasteiger partial charge >= 0.3 is 6.09 Å². The molecule has 3 aromatic rings. The second kappa shape index (κ2) is 6.13. The van der Waals surface area contributed by atoms with Crippen molar-refractivity contribution in [3.8, 4) is 5.75 Å². The van der Waals surface area contributed by atoms with Gasteiger partial charge in [0.2, 0.25) is 0 Å². The molecule has 0 unspecified atom stereocenters. The first kappa shape index (κ1) is 13.9. The van der Waals surface area contributed by atoms with Crippen LogP contribution in [0.1, 0.15) is 12.6 Å². The van der Waals surface area contributed by atoms with E-state index in [0.717, 1.165) is 16.6 Å². The van der Waals surface area contributed by atoms with Crippen molar-refractivity contribution in [3.05, 3.63) is 66.4 Å². The van der Waals surface area contributed by atoms with E-state index in [-0.39, 0.29) is 0 Å². The van der Waals surface area contributed by atoms with Crippen molar-refractivity contribution in [2.75, 3.05) is 0 Å². The molecule has 0 spiro atoms. The average molecular weight is 293 g/mol. The number of carbonyl (C=O) groups is 1. The monoisotopic (exact) mass is 293 g/mol. The molecule has 0 fully saturated rings. The molecule has 22 heavy (non-hydrogen) atoms. The molecule has 0 saturated heterocycles. The van der Waals surface area contributed by atoms with Gasteiger partial charge in [-0.05, 0) is 31.2 Å². The van der Waals surface area contributed by atoms with Crippen LogP contribution in [-0.4, -0.2) is 16.8 Å². The molecular formula is C17H15N3O2. The van der Waals surface area contributed by atoms with Gasteiger partial charge in [-0.25, -0.2) is 10.2 Å². The number of fused-ring (bicyclic) bond motifs is 1. The Bertz CT molecular complexity index is 789. The molecule has 1 heterocycles. The van der Waals surface area contributed by atoms with Gasteiger partial charge < -0.3 is 9.72 Å². The number of H-pyrrole nitrogens is 1. The molecule has 0 radical (unpaired) electrons. The summed E-state index contributed by atoms with van der Waals surface area (Å²) in [6, 6.07) is 18.8. The van der Waals surface area contributed by atoms with Crippen LogP contribution < -0.4 is 10.2 Å². The SMILES string of the molecule is C/C(=N\NC(=O)Oc1ccccc1)c1cc2ccccc2[nH]1. The van der Waals surface area contributed by atoms with E-state index in [1.807, 2.05) is 43.3 Å². The number of hydrogen-bond acceptors (Lipinski definition) is 3. The highest BCUT2D eigenvalue weighted by Gasteiger charge is 2.05. The van der Waals surface area contributed by atoms with Gasteiger partial charge in [-0.1, -0.05) is 36.4 Å². The number of aromatic amines is 1. The molecule has 0 aliphatic carbocycles. The smallest absolute Gasteiger partial charge is 0.409 e. The summed E-state index contributed by atoms with van der Waals surface area (Å²) in [6.07, 6.45) is -0.623. The van der Waals surface area contributed by atoms with Crippen LogP contribution >= 0.6 is 0 Å². The molecule has 3 rings (SSSR count). The zero-order valence-electron chi connectivity index (χ0n) is 12.0. The second-order valence-electron chi connectivity index (χ2n) is 4.78. The Labute approximate surface area is 127 Å². The molecule has 5 heteroatoms. The Kier molecular flexibility index (Phi) is 3.87. The number of para-hydroxylation sites is 2. The lowest BCUT2D eigenvalue weighted by Gasteiger charge is -2.03. The van der Waals surface area contributed by atoms with Crippen LogP contribution in [0.2, 0.25) is 0 Å². The van der Waals surface area contributed by atoms with Crippen molar-refractivity contribution in [1.29, 1.82) is 0 Å². The molecule has 0 bridgehead atoms. The number of nitrogens with one attached hydrogen (secondary N) is 2.